The molecule has 1 amide bonds. The highest BCUT2D eigenvalue weighted by Gasteiger charge is 2.32. The Morgan fingerprint density at radius 2 is 1.50 bits per heavy atom. The number of hydrogen-bond acceptors (Lipinski definition) is 4. The second-order valence-electron chi connectivity index (χ2n) is 7.09. The van der Waals surface area contributed by atoms with E-state index in [2.05, 4.69) is 4.90 Å². The fourth-order valence-corrected chi connectivity index (χ4v) is 4.98. The van der Waals surface area contributed by atoms with Gasteiger partial charge in [-0.15, -0.1) is 0 Å². The van der Waals surface area contributed by atoms with Gasteiger partial charge >= 0.3 is 0 Å². The maximum absolute atomic E-state index is 12.8. The molecule has 1 atom stereocenters. The molecule has 0 saturated carbocycles. The lowest BCUT2D eigenvalue weighted by Crippen LogP contribution is -2.55. The number of para-hydroxylation sites is 1. The van der Waals surface area contributed by atoms with Crippen molar-refractivity contribution in [1.82, 2.24) is 9.21 Å². The van der Waals surface area contributed by atoms with E-state index >= 15 is 0 Å². The Bertz CT molecular complexity index is 880. The van der Waals surface area contributed by atoms with Crippen molar-refractivity contribution in [2.75, 3.05) is 38.1 Å². The number of likely N-dealkylation sites (N-methyl/N-ethyl adjacent to an activating group) is 1. The number of rotatable bonds is 6. The first-order valence-electron chi connectivity index (χ1n) is 9.47. The van der Waals surface area contributed by atoms with E-state index in [9.17, 15) is 13.2 Å². The second kappa shape index (κ2) is 8.86. The molecule has 1 saturated heterocycles. The van der Waals surface area contributed by atoms with Crippen molar-refractivity contribution in [2.45, 2.75) is 18.7 Å². The lowest BCUT2D eigenvalue weighted by atomic mass is 10.2. The molecule has 6 nitrogen and oxygen atoms in total. The predicted molar refractivity (Wildman–Crippen MR) is 112 cm³/mol. The summed E-state index contributed by atoms with van der Waals surface area (Å²) < 4.78 is 26.9. The van der Waals surface area contributed by atoms with E-state index in [1.54, 1.807) is 11.9 Å². The molecule has 0 bridgehead atoms. The molecule has 1 aliphatic heterocycles. The number of nitrogens with zero attached hydrogens (tertiary/aromatic N) is 3. The van der Waals surface area contributed by atoms with E-state index in [0.29, 0.717) is 26.2 Å². The smallest absolute Gasteiger partial charge is 0.243 e. The van der Waals surface area contributed by atoms with Crippen LogP contribution in [0.1, 0.15) is 12.5 Å². The number of sulfonamides is 1. The normalized spacial score (nSPS) is 17.2. The summed E-state index contributed by atoms with van der Waals surface area (Å²) >= 11 is 0. The zero-order valence-electron chi connectivity index (χ0n) is 16.4. The standard InChI is InChI=1S/C21H27N3O3S/c1-18(21(25)22(2)20-11-7-4-8-12-20)23-13-15-24(16-14-23)28(26,27)17-19-9-5-3-6-10-19/h3-12,18H,13-17H2,1-2H3/t18-/m0/s1. The Morgan fingerprint density at radius 3 is 2.07 bits per heavy atom. The van der Waals surface area contributed by atoms with Gasteiger partial charge in [0.05, 0.1) is 11.8 Å². The number of amides is 1. The van der Waals surface area contributed by atoms with Gasteiger partial charge in [-0.05, 0) is 24.6 Å². The van der Waals surface area contributed by atoms with Gasteiger partial charge in [0.1, 0.15) is 0 Å². The highest BCUT2D eigenvalue weighted by Crippen LogP contribution is 2.18. The third-order valence-corrected chi connectivity index (χ3v) is 7.09. The van der Waals surface area contributed by atoms with E-state index < -0.39 is 10.0 Å². The van der Waals surface area contributed by atoms with Crippen molar-refractivity contribution in [1.29, 1.82) is 0 Å². The summed E-state index contributed by atoms with van der Waals surface area (Å²) in [5, 5.41) is 0. The van der Waals surface area contributed by atoms with Crippen LogP contribution in [0.2, 0.25) is 0 Å². The van der Waals surface area contributed by atoms with Gasteiger partial charge < -0.3 is 4.90 Å². The molecule has 7 heteroatoms. The van der Waals surface area contributed by atoms with Gasteiger partial charge in [0.25, 0.3) is 0 Å². The summed E-state index contributed by atoms with van der Waals surface area (Å²) in [5.41, 5.74) is 1.64. The predicted octanol–water partition coefficient (Wildman–Crippen LogP) is 2.19. The van der Waals surface area contributed by atoms with Crippen LogP contribution >= 0.6 is 0 Å². The first-order valence-corrected chi connectivity index (χ1v) is 11.1. The zero-order valence-corrected chi connectivity index (χ0v) is 17.2. The molecule has 28 heavy (non-hydrogen) atoms. The summed E-state index contributed by atoms with van der Waals surface area (Å²) in [6.45, 7) is 3.78. The molecule has 0 N–H and O–H groups in total. The molecule has 2 aromatic carbocycles. The van der Waals surface area contributed by atoms with Crippen LogP contribution in [0.5, 0.6) is 0 Å². The molecule has 1 aliphatic rings. The van der Waals surface area contributed by atoms with Crippen molar-refractivity contribution < 1.29 is 13.2 Å². The van der Waals surface area contributed by atoms with Gasteiger partial charge in [-0.2, -0.15) is 4.31 Å². The van der Waals surface area contributed by atoms with Crippen molar-refractivity contribution in [2.24, 2.45) is 0 Å². The quantitative estimate of drug-likeness (QED) is 0.744. The van der Waals surface area contributed by atoms with Gasteiger partial charge in [-0.3, -0.25) is 9.69 Å². The fraction of sp³-hybridized carbons (Fsp3) is 0.381. The monoisotopic (exact) mass is 401 g/mol. The molecule has 1 fully saturated rings. The summed E-state index contributed by atoms with van der Waals surface area (Å²) in [4.78, 5) is 16.5. The molecule has 2 aromatic rings. The topological polar surface area (TPSA) is 60.9 Å². The SMILES string of the molecule is C[C@@H](C(=O)N(C)c1ccccc1)N1CCN(S(=O)(=O)Cc2ccccc2)CC1. The number of carbonyl (C=O) groups is 1. The van der Waals surface area contributed by atoms with E-state index in [-0.39, 0.29) is 17.7 Å². The van der Waals surface area contributed by atoms with Gasteiger partial charge in [0.15, 0.2) is 0 Å². The fourth-order valence-electron chi connectivity index (χ4n) is 3.46. The lowest BCUT2D eigenvalue weighted by molar-refractivity contribution is -0.123. The van der Waals surface area contributed by atoms with Crippen molar-refractivity contribution in [3.63, 3.8) is 0 Å². The Morgan fingerprint density at radius 1 is 0.964 bits per heavy atom. The number of piperazine rings is 1. The van der Waals surface area contributed by atoms with Crippen molar-refractivity contribution >= 4 is 21.6 Å². The Hall–Kier alpha value is -2.22. The molecular formula is C21H27N3O3S. The first-order chi connectivity index (χ1) is 13.4. The van der Waals surface area contributed by atoms with Gasteiger partial charge in [0.2, 0.25) is 15.9 Å². The van der Waals surface area contributed by atoms with Crippen molar-refractivity contribution in [3.8, 4) is 0 Å². The van der Waals surface area contributed by atoms with Crippen LogP contribution < -0.4 is 4.90 Å². The minimum atomic E-state index is -3.35. The number of anilines is 1. The third kappa shape index (κ3) is 4.79. The maximum atomic E-state index is 12.8. The van der Waals surface area contributed by atoms with Gasteiger partial charge in [-0.25, -0.2) is 8.42 Å². The highest BCUT2D eigenvalue weighted by atomic mass is 32.2. The average Bonchev–Trinajstić information content (AvgIpc) is 2.73. The molecule has 150 valence electrons. The largest absolute Gasteiger partial charge is 0.314 e. The molecule has 0 aromatic heterocycles. The first kappa shape index (κ1) is 20.5. The van der Waals surface area contributed by atoms with Crippen LogP contribution in [0.3, 0.4) is 0 Å². The Kier molecular flexibility index (Phi) is 6.49. The minimum Gasteiger partial charge on any atom is -0.314 e. The van der Waals surface area contributed by atoms with Crippen LogP contribution in [-0.4, -0.2) is 62.8 Å². The van der Waals surface area contributed by atoms with Crippen LogP contribution in [-0.2, 0) is 20.6 Å². The molecule has 0 radical (unpaired) electrons. The average molecular weight is 402 g/mol. The third-order valence-electron chi connectivity index (χ3n) is 5.24. The summed E-state index contributed by atoms with van der Waals surface area (Å²) in [6, 6.07) is 18.4. The van der Waals surface area contributed by atoms with E-state index in [4.69, 9.17) is 0 Å². The van der Waals surface area contributed by atoms with E-state index in [1.165, 1.54) is 4.31 Å². The van der Waals surface area contributed by atoms with E-state index in [1.807, 2.05) is 67.6 Å². The summed E-state index contributed by atoms with van der Waals surface area (Å²) in [6.07, 6.45) is 0. The van der Waals surface area contributed by atoms with Gasteiger partial charge in [0, 0.05) is 38.9 Å². The molecule has 0 unspecified atom stereocenters. The molecule has 0 aliphatic carbocycles. The number of benzene rings is 2. The highest BCUT2D eigenvalue weighted by molar-refractivity contribution is 7.88. The van der Waals surface area contributed by atoms with Crippen LogP contribution in [0, 0.1) is 0 Å². The van der Waals surface area contributed by atoms with Crippen molar-refractivity contribution in [3.05, 3.63) is 66.2 Å². The molecule has 3 rings (SSSR count). The second-order valence-corrected chi connectivity index (χ2v) is 9.05. The summed E-state index contributed by atoms with van der Waals surface area (Å²) in [5.74, 6) is 0.0193. The molecule has 0 spiro atoms. The van der Waals surface area contributed by atoms with Gasteiger partial charge in [-0.1, -0.05) is 48.5 Å². The maximum Gasteiger partial charge on any atom is 0.243 e. The Balaban J connectivity index is 1.58. The zero-order chi connectivity index (χ0) is 20.1. The lowest BCUT2D eigenvalue weighted by Gasteiger charge is -2.37. The van der Waals surface area contributed by atoms with E-state index in [0.717, 1.165) is 11.3 Å². The molecular weight excluding hydrogens is 374 g/mol. The molecule has 1 heterocycles. The number of carbonyl (C=O) groups excluding carboxylic acids is 1. The minimum absolute atomic E-state index is 0.00629. The number of hydrogen-bond donors (Lipinski definition) is 0. The van der Waals surface area contributed by atoms with Crippen LogP contribution in [0.25, 0.3) is 0 Å². The van der Waals surface area contributed by atoms with Crippen LogP contribution in [0.15, 0.2) is 60.7 Å². The Labute approximate surface area is 167 Å². The van der Waals surface area contributed by atoms with Crippen LogP contribution in [0.4, 0.5) is 5.69 Å². The summed E-state index contributed by atoms with van der Waals surface area (Å²) in [7, 11) is -1.58.